The Labute approximate surface area is 108 Å². The van der Waals surface area contributed by atoms with E-state index in [1.807, 2.05) is 32.9 Å². The highest BCUT2D eigenvalue weighted by molar-refractivity contribution is 5.68. The van der Waals surface area contributed by atoms with E-state index in [4.69, 9.17) is 15.3 Å². The van der Waals surface area contributed by atoms with Gasteiger partial charge in [-0.05, 0) is 54.7 Å². The molecule has 0 amide bonds. The van der Waals surface area contributed by atoms with Crippen molar-refractivity contribution in [2.75, 3.05) is 7.11 Å². The van der Waals surface area contributed by atoms with Crippen LogP contribution in [0.25, 0.3) is 6.08 Å². The summed E-state index contributed by atoms with van der Waals surface area (Å²) in [5, 5.41) is 17.7. The minimum atomic E-state index is 0.119. The van der Waals surface area contributed by atoms with Crippen LogP contribution in [0.4, 0.5) is 0 Å². The Morgan fingerprint density at radius 2 is 1.83 bits per heavy atom. The van der Waals surface area contributed by atoms with Crippen LogP contribution in [-0.2, 0) is 11.3 Å². The lowest BCUT2D eigenvalue weighted by Crippen LogP contribution is -2.00. The molecule has 0 saturated heterocycles. The highest BCUT2D eigenvalue weighted by Gasteiger charge is 2.10. The maximum absolute atomic E-state index is 8.83. The van der Waals surface area contributed by atoms with E-state index in [2.05, 4.69) is 6.07 Å². The Morgan fingerprint density at radius 3 is 2.33 bits per heavy atom. The van der Waals surface area contributed by atoms with Gasteiger partial charge in [-0.3, -0.25) is 0 Å². The van der Waals surface area contributed by atoms with Crippen LogP contribution >= 0.6 is 0 Å². The molecule has 0 aromatic heterocycles. The quantitative estimate of drug-likeness (QED) is 0.762. The molecule has 0 aliphatic rings. The number of benzene rings is 1. The highest BCUT2D eigenvalue weighted by Crippen LogP contribution is 2.25. The summed E-state index contributed by atoms with van der Waals surface area (Å²) in [6, 6.07) is 5.83. The molecule has 0 fully saturated rings. The molecular formula is C15H16N2O. The van der Waals surface area contributed by atoms with E-state index in [1.165, 1.54) is 5.56 Å². The van der Waals surface area contributed by atoms with E-state index in [9.17, 15) is 0 Å². The third kappa shape index (κ3) is 2.77. The van der Waals surface area contributed by atoms with Crippen molar-refractivity contribution < 1.29 is 4.74 Å². The molecule has 0 heterocycles. The van der Waals surface area contributed by atoms with E-state index >= 15 is 0 Å². The molecular weight excluding hydrogens is 224 g/mol. The summed E-state index contributed by atoms with van der Waals surface area (Å²) in [5.41, 5.74) is 5.47. The Morgan fingerprint density at radius 1 is 1.22 bits per heavy atom. The molecule has 0 atom stereocenters. The second kappa shape index (κ2) is 6.00. The van der Waals surface area contributed by atoms with Gasteiger partial charge in [-0.15, -0.1) is 0 Å². The number of ether oxygens (including phenoxy) is 1. The lowest BCUT2D eigenvalue weighted by molar-refractivity contribution is 0.184. The first-order chi connectivity index (χ1) is 8.54. The summed E-state index contributed by atoms with van der Waals surface area (Å²) >= 11 is 0. The molecule has 18 heavy (non-hydrogen) atoms. The standard InChI is InChI=1S/C15H16N2O/c1-10-5-11(2)15(9-18-4)12(3)14(10)6-13(7-16)8-17/h5-6H,9H2,1-4H3. The monoisotopic (exact) mass is 240 g/mol. The highest BCUT2D eigenvalue weighted by atomic mass is 16.5. The van der Waals surface area contributed by atoms with E-state index < -0.39 is 0 Å². The van der Waals surface area contributed by atoms with Gasteiger partial charge >= 0.3 is 0 Å². The first-order valence-electron chi connectivity index (χ1n) is 5.65. The fourth-order valence-electron chi connectivity index (χ4n) is 2.07. The molecule has 1 rings (SSSR count). The Kier molecular flexibility index (Phi) is 4.66. The lowest BCUT2D eigenvalue weighted by atomic mass is 9.93. The largest absolute Gasteiger partial charge is 0.380 e. The minimum absolute atomic E-state index is 0.119. The fraction of sp³-hybridized carbons (Fsp3) is 0.333. The second-order valence-corrected chi connectivity index (χ2v) is 4.24. The van der Waals surface area contributed by atoms with E-state index in [0.717, 1.165) is 22.3 Å². The smallest absolute Gasteiger partial charge is 0.130 e. The molecule has 3 nitrogen and oxygen atoms in total. The number of nitrogens with zero attached hydrogens (tertiary/aromatic N) is 2. The van der Waals surface area contributed by atoms with Crippen LogP contribution in [0.2, 0.25) is 0 Å². The summed E-state index contributed by atoms with van der Waals surface area (Å²) in [6.45, 7) is 6.55. The molecule has 0 aliphatic carbocycles. The van der Waals surface area contributed by atoms with Crippen molar-refractivity contribution >= 4 is 6.08 Å². The minimum Gasteiger partial charge on any atom is -0.380 e. The zero-order valence-electron chi connectivity index (χ0n) is 11.2. The number of nitriles is 2. The van der Waals surface area contributed by atoms with Crippen LogP contribution in [0.15, 0.2) is 11.6 Å². The molecule has 0 spiro atoms. The molecule has 0 unspecified atom stereocenters. The first-order valence-corrected chi connectivity index (χ1v) is 5.65. The topological polar surface area (TPSA) is 56.8 Å². The van der Waals surface area contributed by atoms with Gasteiger partial charge in [0.05, 0.1) is 6.61 Å². The second-order valence-electron chi connectivity index (χ2n) is 4.24. The molecule has 0 aliphatic heterocycles. The SMILES string of the molecule is COCc1c(C)cc(C)c(C=C(C#N)C#N)c1C. The van der Waals surface area contributed by atoms with E-state index in [1.54, 1.807) is 13.2 Å². The van der Waals surface area contributed by atoms with Gasteiger partial charge in [-0.2, -0.15) is 10.5 Å². The van der Waals surface area contributed by atoms with Crippen molar-refractivity contribution in [3.05, 3.63) is 39.5 Å². The fourth-order valence-corrected chi connectivity index (χ4v) is 2.07. The molecule has 0 radical (unpaired) electrons. The van der Waals surface area contributed by atoms with Crippen molar-refractivity contribution in [2.45, 2.75) is 27.4 Å². The van der Waals surface area contributed by atoms with Gasteiger partial charge in [0.2, 0.25) is 0 Å². The van der Waals surface area contributed by atoms with Gasteiger partial charge in [0.15, 0.2) is 0 Å². The summed E-state index contributed by atoms with van der Waals surface area (Å²) in [4.78, 5) is 0. The Balaban J connectivity index is 3.47. The number of aryl methyl sites for hydroxylation is 2. The van der Waals surface area contributed by atoms with Gasteiger partial charge in [0.1, 0.15) is 17.7 Å². The predicted molar refractivity (Wildman–Crippen MR) is 70.6 cm³/mol. The summed E-state index contributed by atoms with van der Waals surface area (Å²) in [7, 11) is 1.66. The van der Waals surface area contributed by atoms with Crippen molar-refractivity contribution in [3.63, 3.8) is 0 Å². The Bertz CT molecular complexity index is 556. The number of hydrogen-bond donors (Lipinski definition) is 0. The number of methoxy groups -OCH3 is 1. The summed E-state index contributed by atoms with van der Waals surface area (Å²) in [6.07, 6.45) is 1.64. The van der Waals surface area contributed by atoms with Crippen molar-refractivity contribution in [3.8, 4) is 12.1 Å². The van der Waals surface area contributed by atoms with Gasteiger partial charge in [0.25, 0.3) is 0 Å². The number of allylic oxidation sites excluding steroid dienone is 1. The van der Waals surface area contributed by atoms with Gasteiger partial charge in [-0.25, -0.2) is 0 Å². The average molecular weight is 240 g/mol. The predicted octanol–water partition coefficient (Wildman–Crippen LogP) is 3.19. The normalized spacial score (nSPS) is 9.44. The van der Waals surface area contributed by atoms with Gasteiger partial charge in [0, 0.05) is 7.11 Å². The Hall–Kier alpha value is -2.10. The first kappa shape index (κ1) is 14.0. The average Bonchev–Trinajstić information content (AvgIpc) is 2.35. The third-order valence-electron chi connectivity index (χ3n) is 3.01. The van der Waals surface area contributed by atoms with Crippen LogP contribution in [-0.4, -0.2) is 7.11 Å². The molecule has 1 aromatic carbocycles. The van der Waals surface area contributed by atoms with E-state index in [-0.39, 0.29) is 5.57 Å². The molecule has 0 N–H and O–H groups in total. The number of rotatable bonds is 3. The van der Waals surface area contributed by atoms with Crippen molar-refractivity contribution in [1.82, 2.24) is 0 Å². The number of hydrogen-bond acceptors (Lipinski definition) is 3. The lowest BCUT2D eigenvalue weighted by Gasteiger charge is -2.14. The van der Waals surface area contributed by atoms with Crippen LogP contribution in [0.3, 0.4) is 0 Å². The van der Waals surface area contributed by atoms with Crippen LogP contribution in [0.5, 0.6) is 0 Å². The van der Waals surface area contributed by atoms with Crippen LogP contribution in [0, 0.1) is 43.4 Å². The van der Waals surface area contributed by atoms with Gasteiger partial charge in [-0.1, -0.05) is 6.07 Å². The molecule has 3 heteroatoms. The van der Waals surface area contributed by atoms with Crippen LogP contribution in [0.1, 0.15) is 27.8 Å². The van der Waals surface area contributed by atoms with Crippen molar-refractivity contribution in [1.29, 1.82) is 10.5 Å². The molecule has 0 saturated carbocycles. The summed E-state index contributed by atoms with van der Waals surface area (Å²) in [5.74, 6) is 0. The molecule has 0 bridgehead atoms. The zero-order chi connectivity index (χ0) is 13.7. The van der Waals surface area contributed by atoms with Crippen molar-refractivity contribution in [2.24, 2.45) is 0 Å². The molecule has 1 aromatic rings. The third-order valence-corrected chi connectivity index (χ3v) is 3.01. The molecule has 92 valence electrons. The zero-order valence-corrected chi connectivity index (χ0v) is 11.2. The summed E-state index contributed by atoms with van der Waals surface area (Å²) < 4.78 is 5.19. The van der Waals surface area contributed by atoms with E-state index in [0.29, 0.717) is 6.61 Å². The van der Waals surface area contributed by atoms with Gasteiger partial charge < -0.3 is 4.74 Å². The maximum atomic E-state index is 8.83. The van der Waals surface area contributed by atoms with Crippen LogP contribution < -0.4 is 0 Å². The maximum Gasteiger partial charge on any atom is 0.130 e.